The summed E-state index contributed by atoms with van der Waals surface area (Å²) in [6, 6.07) is -5.61. The van der Waals surface area contributed by atoms with Gasteiger partial charge in [-0.1, -0.05) is 6.42 Å². The summed E-state index contributed by atoms with van der Waals surface area (Å²) in [4.78, 5) is 39.1. The zero-order valence-electron chi connectivity index (χ0n) is 35.4. The predicted octanol–water partition coefficient (Wildman–Crippen LogP) is 5.72. The second-order valence-electron chi connectivity index (χ2n) is 19.0. The molecule has 64 heavy (non-hydrogen) atoms. The number of hydrogen-bond acceptors (Lipinski definition) is 8. The highest BCUT2D eigenvalue weighted by atomic mass is 19.4. The Morgan fingerprint density at radius 1 is 0.422 bits per heavy atom. The Bertz CT molecular complexity index is 1600. The van der Waals surface area contributed by atoms with E-state index in [9.17, 15) is 34.8 Å². The average molecular weight is 949 g/mol. The summed E-state index contributed by atoms with van der Waals surface area (Å²) in [5.41, 5.74) is -8.60. The van der Waals surface area contributed by atoms with Crippen LogP contribution in [0.3, 0.4) is 0 Å². The summed E-state index contributed by atoms with van der Waals surface area (Å²) in [6.07, 6.45) is -36.9. The number of aliphatic hydroxyl groups excluding tert-OH is 4. The van der Waals surface area contributed by atoms with Crippen molar-refractivity contribution in [2.24, 2.45) is 46.3 Å². The van der Waals surface area contributed by atoms with Crippen molar-refractivity contribution in [2.75, 3.05) is 7.05 Å². The van der Waals surface area contributed by atoms with Gasteiger partial charge in [-0.3, -0.25) is 14.4 Å². The quantitative estimate of drug-likeness (QED) is 0.128. The van der Waals surface area contributed by atoms with Gasteiger partial charge in [0.25, 0.3) is 0 Å². The Hall–Kier alpha value is -2.63. The maximum atomic E-state index is 15.1. The first kappa shape index (κ1) is 52.3. The molecule has 0 bridgehead atoms. The highest BCUT2D eigenvalue weighted by Gasteiger charge is 2.78. The Kier molecular flexibility index (Phi) is 16.0. The van der Waals surface area contributed by atoms with Gasteiger partial charge >= 0.3 is 24.7 Å². The highest BCUT2D eigenvalue weighted by Crippen LogP contribution is 2.66. The molecule has 0 aliphatic heterocycles. The molecule has 5 aliphatic rings. The number of amides is 3. The van der Waals surface area contributed by atoms with Crippen molar-refractivity contribution in [1.29, 1.82) is 0 Å². The zero-order valence-corrected chi connectivity index (χ0v) is 35.4. The van der Waals surface area contributed by atoms with E-state index < -0.39 is 208 Å². The Labute approximate surface area is 362 Å². The van der Waals surface area contributed by atoms with Gasteiger partial charge in [0.05, 0.1) is 42.5 Å². The third kappa shape index (κ3) is 10.1. The minimum Gasteiger partial charge on any atom is -0.392 e. The lowest BCUT2D eigenvalue weighted by atomic mass is 9.56. The number of carbonyl (C=O) groups is 3. The van der Waals surface area contributed by atoms with Gasteiger partial charge in [0.1, 0.15) is 0 Å². The van der Waals surface area contributed by atoms with E-state index in [4.69, 9.17) is 0 Å². The van der Waals surface area contributed by atoms with Crippen molar-refractivity contribution >= 4 is 17.7 Å². The van der Waals surface area contributed by atoms with Gasteiger partial charge in [-0.25, -0.2) is 0 Å². The molecular weight excluding hydrogens is 888 g/mol. The minimum absolute atomic E-state index is 0.0867. The van der Waals surface area contributed by atoms with Gasteiger partial charge in [0.2, 0.25) is 17.7 Å². The maximum Gasteiger partial charge on any atom is 0.403 e. The van der Waals surface area contributed by atoms with Crippen molar-refractivity contribution in [1.82, 2.24) is 21.3 Å². The van der Waals surface area contributed by atoms with Crippen molar-refractivity contribution in [3.8, 4) is 0 Å². The lowest BCUT2D eigenvalue weighted by Crippen LogP contribution is -2.64. The highest BCUT2D eigenvalue weighted by molar-refractivity contribution is 5.83. The second-order valence-corrected chi connectivity index (χ2v) is 19.0. The summed E-state index contributed by atoms with van der Waals surface area (Å²) >= 11 is 0. The second kappa shape index (κ2) is 19.5. The van der Waals surface area contributed by atoms with Gasteiger partial charge in [0.15, 0.2) is 10.8 Å². The smallest absolute Gasteiger partial charge is 0.392 e. The first-order chi connectivity index (χ1) is 29.5. The van der Waals surface area contributed by atoms with E-state index in [2.05, 4.69) is 21.3 Å². The van der Waals surface area contributed by atoms with Crippen molar-refractivity contribution in [3.05, 3.63) is 0 Å². The molecule has 0 spiro atoms. The Balaban J connectivity index is 1.30. The van der Waals surface area contributed by atoms with Crippen molar-refractivity contribution in [3.63, 3.8) is 0 Å². The van der Waals surface area contributed by atoms with E-state index >= 15 is 52.7 Å². The van der Waals surface area contributed by atoms with E-state index in [1.54, 1.807) is 0 Å². The van der Waals surface area contributed by atoms with Crippen LogP contribution in [-0.4, -0.2) is 118 Å². The average Bonchev–Trinajstić information content (AvgIpc) is 3.17. The fraction of sp³-hybridized carbons (Fsp3) is 0.927. The first-order valence-corrected chi connectivity index (χ1v) is 22.0. The molecule has 370 valence electrons. The number of rotatable bonds is 10. The topological polar surface area (TPSA) is 180 Å². The van der Waals surface area contributed by atoms with Crippen LogP contribution in [0, 0.1) is 46.3 Å². The molecule has 0 heterocycles. The molecule has 5 rings (SSSR count). The number of nitrogens with one attached hydrogen (secondary N) is 4. The monoisotopic (exact) mass is 948 g/mol. The molecule has 0 saturated heterocycles. The van der Waals surface area contributed by atoms with Gasteiger partial charge in [-0.15, -0.1) is 0 Å². The summed E-state index contributed by atoms with van der Waals surface area (Å²) in [5, 5.41) is 51.9. The van der Waals surface area contributed by atoms with Gasteiger partial charge in [-0.2, -0.15) is 52.7 Å². The molecule has 11 nitrogen and oxygen atoms in total. The lowest BCUT2D eigenvalue weighted by molar-refractivity contribution is -0.384. The number of halogens is 12. The van der Waals surface area contributed by atoms with Crippen LogP contribution in [0.5, 0.6) is 0 Å². The molecule has 14 atom stereocenters. The van der Waals surface area contributed by atoms with Crippen molar-refractivity contribution < 1.29 is 87.5 Å². The molecule has 0 aromatic heterocycles. The third-order valence-corrected chi connectivity index (χ3v) is 15.5. The van der Waals surface area contributed by atoms with E-state index in [1.807, 2.05) is 0 Å². The fourth-order valence-corrected chi connectivity index (χ4v) is 12.4. The largest absolute Gasteiger partial charge is 0.403 e. The van der Waals surface area contributed by atoms with Gasteiger partial charge in [0, 0.05) is 24.8 Å². The summed E-state index contributed by atoms with van der Waals surface area (Å²) in [6.45, 7) is 1.00. The van der Waals surface area contributed by atoms with Crippen LogP contribution in [0.2, 0.25) is 0 Å². The predicted molar refractivity (Wildman–Crippen MR) is 202 cm³/mol. The standard InChI is InChI=1S/C41H60F12N4O7/c1-19(58)55-27-16-23(7-11-31(27)60)37(40(48,49)50,41(51,52)53)25-9-13-33(62)29(18-25)57-35(64)21-5-3-4-20(14-21)34(63)56-28-17-24(8-12-32(28)61)36(38(42,43)44,39(45,46)47)22-6-10-30(59)26(15-22)54-2/h20-33,54,59-62H,3-18H2,1-2H3,(H,55,58)(H,56,63)(H,57,64). The molecule has 8 N–H and O–H groups in total. The van der Waals surface area contributed by atoms with Crippen LogP contribution in [0.25, 0.3) is 0 Å². The SMILES string of the molecule is CNC1CC(C(C2CCC(O)C(NC(=O)C3CCCC(C(=O)NC4CC(C(C5CCC(O)C(NC(C)=O)C5)(C(F)(F)F)C(F)(F)F)CCC4O)C3)C2)(C(F)(F)F)C(F)(F)F)CCC1O. The fourth-order valence-electron chi connectivity index (χ4n) is 12.4. The molecule has 5 aliphatic carbocycles. The van der Waals surface area contributed by atoms with E-state index in [1.165, 1.54) is 7.05 Å². The van der Waals surface area contributed by atoms with Crippen LogP contribution >= 0.6 is 0 Å². The number of likely N-dealkylation sites (N-methyl/N-ethyl adjacent to an activating group) is 1. The Morgan fingerprint density at radius 3 is 0.984 bits per heavy atom. The molecule has 14 unspecified atom stereocenters. The number of carbonyl (C=O) groups excluding carboxylic acids is 3. The van der Waals surface area contributed by atoms with E-state index in [0.717, 1.165) is 6.92 Å². The normalized spacial score (nSPS) is 36.5. The Morgan fingerprint density at radius 2 is 0.703 bits per heavy atom. The van der Waals surface area contributed by atoms with Crippen LogP contribution in [0.15, 0.2) is 0 Å². The van der Waals surface area contributed by atoms with Crippen LogP contribution in [0.4, 0.5) is 52.7 Å². The number of alkyl halides is 12. The van der Waals surface area contributed by atoms with Crippen molar-refractivity contribution in [2.45, 2.75) is 183 Å². The summed E-state index contributed by atoms with van der Waals surface area (Å²) < 4.78 is 181. The minimum atomic E-state index is -5.90. The molecule has 0 aromatic rings. The number of aliphatic hydroxyl groups is 4. The zero-order chi connectivity index (χ0) is 48.0. The molecule has 5 saturated carbocycles. The van der Waals surface area contributed by atoms with Gasteiger partial charge in [-0.05, 0) is 127 Å². The molecular formula is C41H60F12N4O7. The lowest BCUT2D eigenvalue weighted by Gasteiger charge is -2.53. The summed E-state index contributed by atoms with van der Waals surface area (Å²) in [5.74, 6) is -13.2. The first-order valence-electron chi connectivity index (χ1n) is 22.0. The number of hydrogen-bond donors (Lipinski definition) is 8. The molecule has 3 amide bonds. The molecule has 5 fully saturated rings. The maximum absolute atomic E-state index is 15.1. The van der Waals surface area contributed by atoms with Crippen LogP contribution in [-0.2, 0) is 14.4 Å². The molecule has 23 heteroatoms. The van der Waals surface area contributed by atoms with Crippen LogP contribution in [0.1, 0.15) is 110 Å². The molecule has 0 radical (unpaired) electrons. The third-order valence-electron chi connectivity index (χ3n) is 15.5. The molecule has 0 aromatic carbocycles. The van der Waals surface area contributed by atoms with Gasteiger partial charge < -0.3 is 41.7 Å². The summed E-state index contributed by atoms with van der Waals surface area (Å²) in [7, 11) is 1.31. The van der Waals surface area contributed by atoms with Crippen LogP contribution < -0.4 is 21.3 Å². The van der Waals surface area contributed by atoms with E-state index in [0.29, 0.717) is 0 Å². The van der Waals surface area contributed by atoms with E-state index in [-0.39, 0.29) is 32.1 Å².